The molecule has 0 rings (SSSR count). The van der Waals surface area contributed by atoms with Crippen molar-refractivity contribution in [3.63, 3.8) is 0 Å². The number of halogens is 1. The Morgan fingerprint density at radius 2 is 0.870 bits per heavy atom. The van der Waals surface area contributed by atoms with Gasteiger partial charge in [-0.1, -0.05) is 25.0 Å². The van der Waals surface area contributed by atoms with Crippen LogP contribution in [0.5, 0.6) is 0 Å². The number of nitrogens with one attached hydrogen (secondary N) is 1. The van der Waals surface area contributed by atoms with E-state index in [0.717, 1.165) is 38.2 Å². The maximum absolute atomic E-state index is 11.6. The van der Waals surface area contributed by atoms with Gasteiger partial charge in [-0.2, -0.15) is 0 Å². The maximum atomic E-state index is 11.6. The summed E-state index contributed by atoms with van der Waals surface area (Å²) in [5.74, 6) is 0.720. The summed E-state index contributed by atoms with van der Waals surface area (Å²) in [7, 11) is 0. The molecule has 0 aromatic heterocycles. The number of hydrogen-bond donors (Lipinski definition) is 2. The number of alkyl carbamates (subject to hydrolysis) is 1. The van der Waals surface area contributed by atoms with Crippen molar-refractivity contribution < 1.29 is 62.0 Å². The van der Waals surface area contributed by atoms with Gasteiger partial charge >= 0.3 is 6.09 Å². The molecule has 0 unspecified atom stereocenters. The van der Waals surface area contributed by atoms with E-state index in [9.17, 15) is 4.79 Å². The molecule has 0 fully saturated rings. The largest absolute Gasteiger partial charge is 0.447 e. The maximum Gasteiger partial charge on any atom is 0.407 e. The molecule has 0 aromatic rings. The Balaban J connectivity index is 3.17. The van der Waals surface area contributed by atoms with Crippen LogP contribution in [0.2, 0.25) is 0 Å². The van der Waals surface area contributed by atoms with Crippen LogP contribution in [-0.4, -0.2) is 169 Å². The Kier molecular flexibility index (Phi) is 40.8. The van der Waals surface area contributed by atoms with Crippen LogP contribution >= 0.6 is 11.6 Å². The fourth-order valence-electron chi connectivity index (χ4n) is 3.27. The summed E-state index contributed by atoms with van der Waals surface area (Å²) >= 11 is 5.64. The van der Waals surface area contributed by atoms with Gasteiger partial charge in [0.15, 0.2) is 0 Å². The first-order valence-corrected chi connectivity index (χ1v) is 16.8. The molecule has 0 aromatic carbocycles. The standard InChI is InChI=1S/C31H60ClNO13/c32-7-3-1-2-4-10-36-15-18-39-13-8-33-31(35)46-30-29-45-28-27-44-26-24-42-21-17-38-12-6-5-11-37-16-20-41-23-25-43-22-19-40-14-9-34/h5-6,34H,1-4,7-30H2,(H,33,35)/b6-5+. The molecule has 2 N–H and O–H groups in total. The van der Waals surface area contributed by atoms with E-state index in [1.54, 1.807) is 0 Å². The summed E-state index contributed by atoms with van der Waals surface area (Å²) < 4.78 is 58.9. The molecule has 0 aliphatic rings. The zero-order valence-corrected chi connectivity index (χ0v) is 28.4. The van der Waals surface area contributed by atoms with E-state index in [-0.39, 0.29) is 13.2 Å². The number of ether oxygens (including phenoxy) is 11. The lowest BCUT2D eigenvalue weighted by Gasteiger charge is -2.09. The molecule has 15 heteroatoms. The Labute approximate surface area is 280 Å². The number of amides is 1. The van der Waals surface area contributed by atoms with E-state index in [0.29, 0.717) is 132 Å². The van der Waals surface area contributed by atoms with Crippen LogP contribution in [0.15, 0.2) is 12.2 Å². The molecule has 0 saturated carbocycles. The van der Waals surface area contributed by atoms with Crippen LogP contribution in [-0.2, 0) is 52.1 Å². The minimum atomic E-state index is -0.502. The summed E-state index contributed by atoms with van der Waals surface area (Å²) in [6.07, 6.45) is 7.66. The highest BCUT2D eigenvalue weighted by Crippen LogP contribution is 2.01. The minimum absolute atomic E-state index is 0.0213. The molecular formula is C31H60ClNO13. The lowest BCUT2D eigenvalue weighted by molar-refractivity contribution is -0.00475. The van der Waals surface area contributed by atoms with E-state index in [1.807, 2.05) is 12.2 Å². The number of alkyl halides is 1. The van der Waals surface area contributed by atoms with Crippen molar-refractivity contribution in [1.29, 1.82) is 0 Å². The first-order chi connectivity index (χ1) is 22.8. The van der Waals surface area contributed by atoms with E-state index in [1.165, 1.54) is 0 Å². The molecule has 0 radical (unpaired) electrons. The fourth-order valence-corrected chi connectivity index (χ4v) is 3.46. The van der Waals surface area contributed by atoms with Crippen LogP contribution in [0, 0.1) is 0 Å². The first kappa shape index (κ1) is 44.9. The van der Waals surface area contributed by atoms with Gasteiger partial charge in [0, 0.05) is 19.0 Å². The molecule has 0 heterocycles. The predicted octanol–water partition coefficient (Wildman–Crippen LogP) is 2.23. The van der Waals surface area contributed by atoms with Gasteiger partial charge in [0.05, 0.1) is 132 Å². The number of hydrogen-bond acceptors (Lipinski definition) is 13. The van der Waals surface area contributed by atoms with Crippen LogP contribution in [0.25, 0.3) is 0 Å². The van der Waals surface area contributed by atoms with Crippen molar-refractivity contribution in [3.8, 4) is 0 Å². The van der Waals surface area contributed by atoms with Gasteiger partial charge < -0.3 is 62.5 Å². The number of unbranched alkanes of at least 4 members (excludes halogenated alkanes) is 3. The monoisotopic (exact) mass is 689 g/mol. The Hall–Kier alpha value is -1.14. The van der Waals surface area contributed by atoms with E-state index >= 15 is 0 Å². The smallest absolute Gasteiger partial charge is 0.407 e. The molecule has 0 saturated heterocycles. The van der Waals surface area contributed by atoms with Crippen molar-refractivity contribution in [2.24, 2.45) is 0 Å². The second-order valence-corrected chi connectivity index (χ2v) is 9.79. The second-order valence-electron chi connectivity index (χ2n) is 9.41. The Morgan fingerprint density at radius 1 is 0.478 bits per heavy atom. The molecule has 0 aliphatic carbocycles. The van der Waals surface area contributed by atoms with Crippen LogP contribution in [0.3, 0.4) is 0 Å². The molecule has 1 amide bonds. The highest BCUT2D eigenvalue weighted by Gasteiger charge is 2.01. The summed E-state index contributed by atoms with van der Waals surface area (Å²) in [6, 6.07) is 0. The summed E-state index contributed by atoms with van der Waals surface area (Å²) in [6.45, 7) is 10.0. The second kappa shape index (κ2) is 41.9. The number of aliphatic hydroxyl groups excluding tert-OH is 1. The Bertz CT molecular complexity index is 623. The number of aliphatic hydroxyl groups is 1. The minimum Gasteiger partial charge on any atom is -0.447 e. The molecule has 14 nitrogen and oxygen atoms in total. The topological polar surface area (TPSA) is 151 Å². The lowest BCUT2D eigenvalue weighted by Crippen LogP contribution is -2.29. The molecule has 0 spiro atoms. The van der Waals surface area contributed by atoms with Gasteiger partial charge in [0.2, 0.25) is 0 Å². The van der Waals surface area contributed by atoms with Gasteiger partial charge in [-0.3, -0.25) is 0 Å². The summed E-state index contributed by atoms with van der Waals surface area (Å²) in [4.78, 5) is 11.6. The van der Waals surface area contributed by atoms with Crippen LogP contribution in [0.4, 0.5) is 4.79 Å². The normalized spacial score (nSPS) is 11.5. The molecule has 0 bridgehead atoms. The highest BCUT2D eigenvalue weighted by atomic mass is 35.5. The van der Waals surface area contributed by atoms with Crippen molar-refractivity contribution in [3.05, 3.63) is 12.2 Å². The van der Waals surface area contributed by atoms with Gasteiger partial charge in [-0.05, 0) is 12.8 Å². The molecule has 274 valence electrons. The van der Waals surface area contributed by atoms with Crippen LogP contribution < -0.4 is 5.32 Å². The van der Waals surface area contributed by atoms with E-state index in [4.69, 9.17) is 68.8 Å². The average Bonchev–Trinajstić information content (AvgIpc) is 3.06. The van der Waals surface area contributed by atoms with Gasteiger partial charge in [0.25, 0.3) is 0 Å². The number of carbonyl (C=O) groups excluding carboxylic acids is 1. The van der Waals surface area contributed by atoms with Crippen molar-refractivity contribution >= 4 is 17.7 Å². The third kappa shape index (κ3) is 40.9. The van der Waals surface area contributed by atoms with Crippen molar-refractivity contribution in [1.82, 2.24) is 5.32 Å². The highest BCUT2D eigenvalue weighted by molar-refractivity contribution is 6.17. The third-order valence-corrected chi connectivity index (χ3v) is 5.85. The Morgan fingerprint density at radius 3 is 1.35 bits per heavy atom. The third-order valence-electron chi connectivity index (χ3n) is 5.58. The lowest BCUT2D eigenvalue weighted by atomic mass is 10.2. The number of rotatable bonds is 39. The molecule has 0 aliphatic heterocycles. The predicted molar refractivity (Wildman–Crippen MR) is 173 cm³/mol. The van der Waals surface area contributed by atoms with Gasteiger partial charge in [-0.15, -0.1) is 11.6 Å². The van der Waals surface area contributed by atoms with Crippen molar-refractivity contribution in [2.75, 3.05) is 158 Å². The summed E-state index contributed by atoms with van der Waals surface area (Å²) in [5, 5.41) is 11.2. The van der Waals surface area contributed by atoms with Crippen molar-refractivity contribution in [2.45, 2.75) is 25.7 Å². The van der Waals surface area contributed by atoms with Crippen LogP contribution in [0.1, 0.15) is 25.7 Å². The quantitative estimate of drug-likeness (QED) is 0.0552. The van der Waals surface area contributed by atoms with Gasteiger partial charge in [0.1, 0.15) is 6.61 Å². The van der Waals surface area contributed by atoms with E-state index in [2.05, 4.69) is 5.32 Å². The molecule has 46 heavy (non-hydrogen) atoms. The molecule has 0 atom stereocenters. The number of carbonyl (C=O) groups is 1. The molecular weight excluding hydrogens is 630 g/mol. The zero-order valence-electron chi connectivity index (χ0n) is 27.7. The van der Waals surface area contributed by atoms with Gasteiger partial charge in [-0.25, -0.2) is 4.79 Å². The summed E-state index contributed by atoms with van der Waals surface area (Å²) in [5.41, 5.74) is 0. The van der Waals surface area contributed by atoms with E-state index < -0.39 is 6.09 Å². The first-order valence-electron chi connectivity index (χ1n) is 16.3. The average molecular weight is 690 g/mol. The zero-order chi connectivity index (χ0) is 33.3. The fraction of sp³-hybridized carbons (Fsp3) is 0.903. The SMILES string of the molecule is O=C(NCCOCCOCCCCCCCl)OCCOCCOCCOCCOC/C=C/COCCOCCOCCOCCO.